The van der Waals surface area contributed by atoms with E-state index in [0.717, 1.165) is 19.1 Å². The highest BCUT2D eigenvalue weighted by Crippen LogP contribution is 2.45. The second-order valence-electron chi connectivity index (χ2n) is 4.63. The van der Waals surface area contributed by atoms with E-state index in [-0.39, 0.29) is 16.9 Å². The zero-order valence-corrected chi connectivity index (χ0v) is 10.5. The summed E-state index contributed by atoms with van der Waals surface area (Å²) in [5.74, 6) is 0.370. The van der Waals surface area contributed by atoms with Gasteiger partial charge in [-0.2, -0.15) is 0 Å². The summed E-state index contributed by atoms with van der Waals surface area (Å²) in [7, 11) is -3.27. The highest BCUT2D eigenvalue weighted by atomic mass is 32.2. The molecule has 1 aliphatic carbocycles. The molecule has 1 aliphatic rings. The molecule has 6 heteroatoms. The van der Waals surface area contributed by atoms with Gasteiger partial charge in [0.05, 0.1) is 6.61 Å². The van der Waals surface area contributed by atoms with Gasteiger partial charge in [0, 0.05) is 24.4 Å². The standard InChI is InChI=1S/C11H16N2O3S/c1-17(15,16)9-3-2-6-12-10(9)13-7-11(8-14)4-5-11/h2-3,6,14H,4-5,7-8H2,1H3,(H,12,13). The number of rotatable bonds is 5. The Labute approximate surface area is 101 Å². The Balaban J connectivity index is 2.16. The number of aromatic nitrogens is 1. The fourth-order valence-corrected chi connectivity index (χ4v) is 2.46. The molecule has 1 aromatic heterocycles. The van der Waals surface area contributed by atoms with E-state index in [2.05, 4.69) is 10.3 Å². The minimum absolute atomic E-state index is 0.0771. The predicted octanol–water partition coefficient (Wildman–Crippen LogP) is 0.669. The zero-order valence-electron chi connectivity index (χ0n) is 9.68. The lowest BCUT2D eigenvalue weighted by Crippen LogP contribution is -2.20. The molecule has 0 radical (unpaired) electrons. The second-order valence-corrected chi connectivity index (χ2v) is 6.62. The molecule has 17 heavy (non-hydrogen) atoms. The van der Waals surface area contributed by atoms with Crippen LogP contribution in [-0.2, 0) is 9.84 Å². The van der Waals surface area contributed by atoms with Crippen molar-refractivity contribution in [1.29, 1.82) is 0 Å². The Morgan fingerprint density at radius 3 is 2.76 bits per heavy atom. The van der Waals surface area contributed by atoms with E-state index in [1.165, 1.54) is 6.07 Å². The van der Waals surface area contributed by atoms with Gasteiger partial charge in [-0.1, -0.05) is 0 Å². The monoisotopic (exact) mass is 256 g/mol. The first-order valence-corrected chi connectivity index (χ1v) is 7.36. The van der Waals surface area contributed by atoms with Gasteiger partial charge in [-0.05, 0) is 25.0 Å². The van der Waals surface area contributed by atoms with Crippen LogP contribution in [-0.4, -0.2) is 37.9 Å². The number of sulfone groups is 1. The Bertz CT molecular complexity index is 509. The summed E-state index contributed by atoms with van der Waals surface area (Å²) in [6.45, 7) is 0.685. The van der Waals surface area contributed by atoms with Crippen molar-refractivity contribution < 1.29 is 13.5 Å². The molecular formula is C11H16N2O3S. The highest BCUT2D eigenvalue weighted by Gasteiger charge is 2.41. The summed E-state index contributed by atoms with van der Waals surface area (Å²) in [5, 5.41) is 12.2. The highest BCUT2D eigenvalue weighted by molar-refractivity contribution is 7.90. The van der Waals surface area contributed by atoms with Gasteiger partial charge in [0.2, 0.25) is 0 Å². The number of anilines is 1. The molecule has 0 atom stereocenters. The van der Waals surface area contributed by atoms with E-state index >= 15 is 0 Å². The maximum absolute atomic E-state index is 11.5. The van der Waals surface area contributed by atoms with Crippen LogP contribution in [0, 0.1) is 5.41 Å². The SMILES string of the molecule is CS(=O)(=O)c1cccnc1NCC1(CO)CC1. The number of pyridine rings is 1. The van der Waals surface area contributed by atoms with Crippen LogP contribution in [0.15, 0.2) is 23.2 Å². The molecule has 0 unspecified atom stereocenters. The van der Waals surface area contributed by atoms with Gasteiger partial charge in [-0.3, -0.25) is 0 Å². The van der Waals surface area contributed by atoms with Crippen molar-refractivity contribution in [3.05, 3.63) is 18.3 Å². The van der Waals surface area contributed by atoms with Crippen molar-refractivity contribution in [2.75, 3.05) is 24.7 Å². The number of hydrogen-bond donors (Lipinski definition) is 2. The molecule has 0 saturated heterocycles. The number of aliphatic hydroxyl groups is 1. The molecule has 5 nitrogen and oxygen atoms in total. The molecule has 1 saturated carbocycles. The van der Waals surface area contributed by atoms with E-state index in [4.69, 9.17) is 0 Å². The molecule has 1 fully saturated rings. The maximum atomic E-state index is 11.5. The number of aliphatic hydroxyl groups excluding tert-OH is 1. The third-order valence-corrected chi connectivity index (χ3v) is 4.22. The summed E-state index contributed by atoms with van der Waals surface area (Å²) in [4.78, 5) is 4.24. The van der Waals surface area contributed by atoms with Crippen LogP contribution >= 0.6 is 0 Å². The molecule has 0 amide bonds. The van der Waals surface area contributed by atoms with Gasteiger partial charge in [0.1, 0.15) is 10.7 Å². The first-order valence-electron chi connectivity index (χ1n) is 5.47. The van der Waals surface area contributed by atoms with Crippen LogP contribution in [0.4, 0.5) is 5.82 Å². The largest absolute Gasteiger partial charge is 0.396 e. The molecule has 2 rings (SSSR count). The lowest BCUT2D eigenvalue weighted by molar-refractivity contribution is 0.219. The van der Waals surface area contributed by atoms with E-state index in [9.17, 15) is 13.5 Å². The van der Waals surface area contributed by atoms with Gasteiger partial charge in [0.25, 0.3) is 0 Å². The number of hydrogen-bond acceptors (Lipinski definition) is 5. The van der Waals surface area contributed by atoms with Crippen LogP contribution in [0.5, 0.6) is 0 Å². The van der Waals surface area contributed by atoms with Crippen molar-refractivity contribution in [2.24, 2.45) is 5.41 Å². The molecule has 94 valence electrons. The summed E-state index contributed by atoms with van der Waals surface area (Å²) in [6.07, 6.45) is 4.65. The average Bonchev–Trinajstić information content (AvgIpc) is 3.06. The molecular weight excluding hydrogens is 240 g/mol. The van der Waals surface area contributed by atoms with Crippen LogP contribution in [0.25, 0.3) is 0 Å². The Morgan fingerprint density at radius 2 is 2.24 bits per heavy atom. The predicted molar refractivity (Wildman–Crippen MR) is 64.6 cm³/mol. The summed E-state index contributed by atoms with van der Waals surface area (Å²) < 4.78 is 23.1. The third-order valence-electron chi connectivity index (χ3n) is 3.09. The summed E-state index contributed by atoms with van der Waals surface area (Å²) in [6, 6.07) is 3.13. The van der Waals surface area contributed by atoms with Crippen molar-refractivity contribution in [2.45, 2.75) is 17.7 Å². The minimum Gasteiger partial charge on any atom is -0.396 e. The van der Waals surface area contributed by atoms with Crippen LogP contribution < -0.4 is 5.32 Å². The van der Waals surface area contributed by atoms with Crippen molar-refractivity contribution in [3.8, 4) is 0 Å². The van der Waals surface area contributed by atoms with Crippen molar-refractivity contribution in [1.82, 2.24) is 4.98 Å². The van der Waals surface area contributed by atoms with Crippen molar-refractivity contribution >= 4 is 15.7 Å². The number of nitrogens with one attached hydrogen (secondary N) is 1. The zero-order chi connectivity index (χ0) is 12.5. The van der Waals surface area contributed by atoms with Gasteiger partial charge in [0.15, 0.2) is 9.84 Å². The molecule has 0 aromatic carbocycles. The topological polar surface area (TPSA) is 79.3 Å². The van der Waals surface area contributed by atoms with Gasteiger partial charge < -0.3 is 10.4 Å². The smallest absolute Gasteiger partial charge is 0.179 e. The molecule has 0 aliphatic heterocycles. The maximum Gasteiger partial charge on any atom is 0.179 e. The molecule has 0 bridgehead atoms. The van der Waals surface area contributed by atoms with Crippen molar-refractivity contribution in [3.63, 3.8) is 0 Å². The van der Waals surface area contributed by atoms with Gasteiger partial charge >= 0.3 is 0 Å². The molecule has 1 aromatic rings. The number of nitrogens with zero attached hydrogens (tertiary/aromatic N) is 1. The van der Waals surface area contributed by atoms with E-state index in [0.29, 0.717) is 12.4 Å². The molecule has 0 spiro atoms. The summed E-state index contributed by atoms with van der Waals surface area (Å²) >= 11 is 0. The Morgan fingerprint density at radius 1 is 1.53 bits per heavy atom. The van der Waals surface area contributed by atoms with Gasteiger partial charge in [-0.25, -0.2) is 13.4 Å². The Hall–Kier alpha value is -1.14. The first-order chi connectivity index (χ1) is 7.97. The fourth-order valence-electron chi connectivity index (χ4n) is 1.66. The third kappa shape index (κ3) is 2.76. The fraction of sp³-hybridized carbons (Fsp3) is 0.545. The lowest BCUT2D eigenvalue weighted by atomic mass is 10.1. The second kappa shape index (κ2) is 4.27. The average molecular weight is 256 g/mol. The normalized spacial score (nSPS) is 17.8. The molecule has 2 N–H and O–H groups in total. The Kier molecular flexibility index (Phi) is 3.09. The summed E-state index contributed by atoms with van der Waals surface area (Å²) in [5.41, 5.74) is -0.0771. The van der Waals surface area contributed by atoms with E-state index in [1.807, 2.05) is 0 Å². The van der Waals surface area contributed by atoms with Crippen LogP contribution in [0.3, 0.4) is 0 Å². The van der Waals surface area contributed by atoms with Crippen LogP contribution in [0.2, 0.25) is 0 Å². The lowest BCUT2D eigenvalue weighted by Gasteiger charge is -2.14. The van der Waals surface area contributed by atoms with Crippen LogP contribution in [0.1, 0.15) is 12.8 Å². The quantitative estimate of drug-likeness (QED) is 0.809. The van der Waals surface area contributed by atoms with Gasteiger partial charge in [-0.15, -0.1) is 0 Å². The minimum atomic E-state index is -3.27. The first kappa shape index (κ1) is 12.3. The van der Waals surface area contributed by atoms with E-state index in [1.54, 1.807) is 12.3 Å². The van der Waals surface area contributed by atoms with E-state index < -0.39 is 9.84 Å². The molecule has 1 heterocycles.